The maximum atomic E-state index is 12.3. The summed E-state index contributed by atoms with van der Waals surface area (Å²) in [6.07, 6.45) is 0. The summed E-state index contributed by atoms with van der Waals surface area (Å²) < 4.78 is 16.8. The maximum Gasteiger partial charge on any atom is 0.323 e. The van der Waals surface area contributed by atoms with Crippen LogP contribution in [0.4, 0.5) is 16.2 Å². The molecule has 0 spiro atoms. The molecule has 2 heterocycles. The molecule has 8 heteroatoms. The summed E-state index contributed by atoms with van der Waals surface area (Å²) in [5, 5.41) is 13.8. The highest BCUT2D eigenvalue weighted by Gasteiger charge is 2.13. The van der Waals surface area contributed by atoms with Gasteiger partial charge in [0.1, 0.15) is 13.2 Å². The number of hydrogen-bond donors (Lipinski definition) is 2. The third-order valence-electron chi connectivity index (χ3n) is 4.64. The zero-order valence-corrected chi connectivity index (χ0v) is 16.4. The van der Waals surface area contributed by atoms with Crippen LogP contribution in [0.3, 0.4) is 0 Å². The number of hydrogen-bond acceptors (Lipinski definition) is 6. The first-order chi connectivity index (χ1) is 15.2. The molecule has 2 amide bonds. The standard InChI is InChI=1S/C23H18N4O4/c28-23(25-18-10-11-19-20(14-18)30-13-12-29-19)24-17-8-6-16(7-9-17)22-27-26-21(31-22)15-4-2-1-3-5-15/h1-11,14H,12-13H2,(H2,24,25,28). The molecule has 3 aromatic carbocycles. The molecule has 154 valence electrons. The van der Waals surface area contributed by atoms with Gasteiger partial charge in [-0.15, -0.1) is 10.2 Å². The smallest absolute Gasteiger partial charge is 0.323 e. The van der Waals surface area contributed by atoms with Crippen LogP contribution in [0.2, 0.25) is 0 Å². The van der Waals surface area contributed by atoms with E-state index in [0.29, 0.717) is 47.9 Å². The van der Waals surface area contributed by atoms with Gasteiger partial charge in [-0.3, -0.25) is 0 Å². The zero-order chi connectivity index (χ0) is 21.0. The van der Waals surface area contributed by atoms with Gasteiger partial charge in [-0.05, 0) is 48.5 Å². The first-order valence-corrected chi connectivity index (χ1v) is 9.72. The largest absolute Gasteiger partial charge is 0.486 e. The van der Waals surface area contributed by atoms with Crippen LogP contribution in [0, 0.1) is 0 Å². The van der Waals surface area contributed by atoms with E-state index in [0.717, 1.165) is 11.1 Å². The average Bonchev–Trinajstić information content (AvgIpc) is 3.30. The SMILES string of the molecule is O=C(Nc1ccc(-c2nnc(-c3ccccc3)o2)cc1)Nc1ccc2c(c1)OCCO2. The lowest BCUT2D eigenvalue weighted by molar-refractivity contribution is 0.171. The molecule has 4 aromatic rings. The van der Waals surface area contributed by atoms with E-state index in [4.69, 9.17) is 13.9 Å². The topological polar surface area (TPSA) is 98.5 Å². The molecular weight excluding hydrogens is 396 g/mol. The van der Waals surface area contributed by atoms with Crippen LogP contribution in [0.15, 0.2) is 77.2 Å². The molecule has 0 atom stereocenters. The Morgan fingerprint density at radius 3 is 2.06 bits per heavy atom. The zero-order valence-electron chi connectivity index (χ0n) is 16.4. The molecule has 0 aliphatic carbocycles. The Morgan fingerprint density at radius 2 is 1.32 bits per heavy atom. The van der Waals surface area contributed by atoms with Crippen LogP contribution in [0.1, 0.15) is 0 Å². The number of rotatable bonds is 4. The van der Waals surface area contributed by atoms with Gasteiger partial charge >= 0.3 is 6.03 Å². The minimum Gasteiger partial charge on any atom is -0.486 e. The Kier molecular flexibility index (Phi) is 4.94. The van der Waals surface area contributed by atoms with Gasteiger partial charge in [-0.25, -0.2) is 4.79 Å². The van der Waals surface area contributed by atoms with E-state index in [1.807, 2.05) is 42.5 Å². The number of nitrogens with one attached hydrogen (secondary N) is 2. The van der Waals surface area contributed by atoms with Crippen molar-refractivity contribution in [2.75, 3.05) is 23.8 Å². The summed E-state index contributed by atoms with van der Waals surface area (Å²) in [7, 11) is 0. The fourth-order valence-corrected chi connectivity index (χ4v) is 3.15. The number of anilines is 2. The van der Waals surface area contributed by atoms with E-state index in [1.165, 1.54) is 0 Å². The lowest BCUT2D eigenvalue weighted by Gasteiger charge is -2.19. The van der Waals surface area contributed by atoms with Crippen molar-refractivity contribution in [1.29, 1.82) is 0 Å². The van der Waals surface area contributed by atoms with Crippen LogP contribution in [-0.2, 0) is 0 Å². The molecule has 0 unspecified atom stereocenters. The predicted molar refractivity (Wildman–Crippen MR) is 115 cm³/mol. The summed E-state index contributed by atoms with van der Waals surface area (Å²) in [6, 6.07) is 21.6. The quantitative estimate of drug-likeness (QED) is 0.497. The Morgan fingerprint density at radius 1 is 0.710 bits per heavy atom. The minimum atomic E-state index is -0.367. The van der Waals surface area contributed by atoms with Gasteiger partial charge in [0, 0.05) is 28.6 Å². The van der Waals surface area contributed by atoms with Gasteiger partial charge in [0.05, 0.1) is 0 Å². The molecule has 0 saturated carbocycles. The molecule has 31 heavy (non-hydrogen) atoms. The normalized spacial score (nSPS) is 12.3. The van der Waals surface area contributed by atoms with Crippen molar-refractivity contribution >= 4 is 17.4 Å². The number of fused-ring (bicyclic) bond motifs is 1. The van der Waals surface area contributed by atoms with Crippen molar-refractivity contribution in [2.24, 2.45) is 0 Å². The van der Waals surface area contributed by atoms with E-state index < -0.39 is 0 Å². The minimum absolute atomic E-state index is 0.367. The van der Waals surface area contributed by atoms with Gasteiger partial charge in [-0.1, -0.05) is 18.2 Å². The van der Waals surface area contributed by atoms with Gasteiger partial charge in [-0.2, -0.15) is 0 Å². The van der Waals surface area contributed by atoms with Gasteiger partial charge in [0.25, 0.3) is 0 Å². The van der Waals surface area contributed by atoms with Crippen LogP contribution < -0.4 is 20.1 Å². The van der Waals surface area contributed by atoms with E-state index in [9.17, 15) is 4.79 Å². The van der Waals surface area contributed by atoms with Crippen LogP contribution in [0.25, 0.3) is 22.9 Å². The Bertz CT molecular complexity index is 1210. The fraction of sp³-hybridized carbons (Fsp3) is 0.0870. The van der Waals surface area contributed by atoms with Crippen molar-refractivity contribution in [3.05, 3.63) is 72.8 Å². The average molecular weight is 414 g/mol. The Labute approximate surface area is 177 Å². The Balaban J connectivity index is 1.23. The molecule has 0 fully saturated rings. The number of benzene rings is 3. The summed E-state index contributed by atoms with van der Waals surface area (Å²) in [5.74, 6) is 2.15. The van der Waals surface area contributed by atoms with E-state index >= 15 is 0 Å². The summed E-state index contributed by atoms with van der Waals surface area (Å²) in [4.78, 5) is 12.3. The third kappa shape index (κ3) is 4.18. The highest BCUT2D eigenvalue weighted by atomic mass is 16.6. The molecule has 2 N–H and O–H groups in total. The highest BCUT2D eigenvalue weighted by molar-refractivity contribution is 6.00. The highest BCUT2D eigenvalue weighted by Crippen LogP contribution is 2.32. The second kappa shape index (κ2) is 8.19. The lowest BCUT2D eigenvalue weighted by Crippen LogP contribution is -2.20. The van der Waals surface area contributed by atoms with E-state index in [-0.39, 0.29) is 6.03 Å². The number of carbonyl (C=O) groups excluding carboxylic acids is 1. The third-order valence-corrected chi connectivity index (χ3v) is 4.64. The second-order valence-corrected chi connectivity index (χ2v) is 6.79. The van der Waals surface area contributed by atoms with Crippen molar-refractivity contribution in [2.45, 2.75) is 0 Å². The first kappa shape index (κ1) is 18.7. The predicted octanol–water partition coefficient (Wildman–Crippen LogP) is 4.82. The Hall–Kier alpha value is -4.33. The summed E-state index contributed by atoms with van der Waals surface area (Å²) in [5.41, 5.74) is 2.85. The molecule has 1 aromatic heterocycles. The fourth-order valence-electron chi connectivity index (χ4n) is 3.15. The van der Waals surface area contributed by atoms with Gasteiger partial charge in [0.15, 0.2) is 11.5 Å². The molecule has 8 nitrogen and oxygen atoms in total. The van der Waals surface area contributed by atoms with Crippen molar-refractivity contribution < 1.29 is 18.7 Å². The van der Waals surface area contributed by atoms with Gasteiger partial charge in [0.2, 0.25) is 11.8 Å². The number of nitrogens with zero attached hydrogens (tertiary/aromatic N) is 2. The molecule has 5 rings (SSSR count). The van der Waals surface area contributed by atoms with Crippen LogP contribution in [-0.4, -0.2) is 29.4 Å². The maximum absolute atomic E-state index is 12.3. The lowest BCUT2D eigenvalue weighted by atomic mass is 10.2. The van der Waals surface area contributed by atoms with Crippen LogP contribution in [0.5, 0.6) is 11.5 Å². The van der Waals surface area contributed by atoms with Crippen molar-refractivity contribution in [3.8, 4) is 34.4 Å². The van der Waals surface area contributed by atoms with E-state index in [2.05, 4.69) is 20.8 Å². The summed E-state index contributed by atoms with van der Waals surface area (Å²) in [6.45, 7) is 1.01. The number of urea groups is 1. The number of ether oxygens (including phenoxy) is 2. The molecule has 0 radical (unpaired) electrons. The van der Waals surface area contributed by atoms with Crippen LogP contribution >= 0.6 is 0 Å². The number of amides is 2. The molecule has 0 bridgehead atoms. The number of aromatic nitrogens is 2. The molecule has 1 aliphatic rings. The van der Waals surface area contributed by atoms with Gasteiger partial charge < -0.3 is 24.5 Å². The van der Waals surface area contributed by atoms with E-state index in [1.54, 1.807) is 30.3 Å². The monoisotopic (exact) mass is 414 g/mol. The number of carbonyl (C=O) groups is 1. The summed E-state index contributed by atoms with van der Waals surface area (Å²) >= 11 is 0. The van der Waals surface area contributed by atoms with Crippen molar-refractivity contribution in [3.63, 3.8) is 0 Å². The molecule has 1 aliphatic heterocycles. The second-order valence-electron chi connectivity index (χ2n) is 6.79. The van der Waals surface area contributed by atoms with Crippen molar-refractivity contribution in [1.82, 2.24) is 10.2 Å². The molecular formula is C23H18N4O4. The molecule has 0 saturated heterocycles. The first-order valence-electron chi connectivity index (χ1n) is 9.72.